The number of hydrogen-bond donors (Lipinski definition) is 4. The van der Waals surface area contributed by atoms with Gasteiger partial charge < -0.3 is 37.6 Å². The smallest absolute Gasteiger partial charge is 0.270 e. The number of furan rings is 2. The molecule has 2 heterocycles. The van der Waals surface area contributed by atoms with Gasteiger partial charge in [-0.15, -0.1) is 0 Å². The number of hydrogen-bond acceptors (Lipinski definition) is 9. The molecule has 14 heteroatoms. The Morgan fingerprint density at radius 2 is 1.26 bits per heavy atom. The van der Waals surface area contributed by atoms with Crippen LogP contribution in [0.3, 0.4) is 0 Å². The van der Waals surface area contributed by atoms with Crippen LogP contribution in [0, 0.1) is 6.92 Å². The van der Waals surface area contributed by atoms with E-state index in [9.17, 15) is 14.0 Å². The third-order valence-corrected chi connectivity index (χ3v) is 11.3. The molecule has 2 aromatic heterocycles. The number of ether oxygens (including phenoxy) is 3. The zero-order valence-electron chi connectivity index (χ0n) is 31.0. The molecular weight excluding hydrogens is 682 g/mol. The van der Waals surface area contributed by atoms with E-state index in [1.54, 1.807) is 33.5 Å². The van der Waals surface area contributed by atoms with Crippen molar-refractivity contribution < 1.29 is 46.7 Å². The molecule has 4 N–H and O–H groups in total. The summed E-state index contributed by atoms with van der Waals surface area (Å²) >= 11 is 0. The Bertz CT molecular complexity index is 1650. The molecular formula is C36H58N2O10P2. The SMILES string of the molecule is CCCCP(=O)(NCCC)OCc1cc2cc(C)cc(OC)c2o1.CCCCP(=O)(O)NCCC.COc1cc(OC)c2oc(CO)cc2c1. The highest BCUT2D eigenvalue weighted by atomic mass is 31.2. The van der Waals surface area contributed by atoms with Gasteiger partial charge in [-0.05, 0) is 68.5 Å². The second-order valence-electron chi connectivity index (χ2n) is 11.8. The van der Waals surface area contributed by atoms with Crippen molar-refractivity contribution in [1.82, 2.24) is 10.2 Å². The van der Waals surface area contributed by atoms with Gasteiger partial charge in [0.2, 0.25) is 0 Å². The zero-order valence-corrected chi connectivity index (χ0v) is 32.8. The third kappa shape index (κ3) is 14.1. The Morgan fingerprint density at radius 1 is 0.700 bits per heavy atom. The maximum Gasteiger partial charge on any atom is 0.270 e. The predicted molar refractivity (Wildman–Crippen MR) is 201 cm³/mol. The lowest BCUT2D eigenvalue weighted by molar-refractivity contribution is 0.250. The number of aliphatic hydroxyl groups excluding tert-OH is 1. The highest BCUT2D eigenvalue weighted by molar-refractivity contribution is 7.56. The van der Waals surface area contributed by atoms with Crippen molar-refractivity contribution in [2.45, 2.75) is 86.4 Å². The van der Waals surface area contributed by atoms with Gasteiger partial charge in [-0.1, -0.05) is 40.5 Å². The van der Waals surface area contributed by atoms with Crippen molar-refractivity contribution in [3.63, 3.8) is 0 Å². The Labute approximate surface area is 297 Å². The molecule has 0 aliphatic carbocycles. The number of rotatable bonds is 19. The first-order valence-electron chi connectivity index (χ1n) is 17.3. The van der Waals surface area contributed by atoms with Gasteiger partial charge in [-0.3, -0.25) is 9.13 Å². The van der Waals surface area contributed by atoms with Crippen LogP contribution in [0.4, 0.5) is 0 Å². The van der Waals surface area contributed by atoms with E-state index in [-0.39, 0.29) is 13.2 Å². The van der Waals surface area contributed by atoms with Crippen molar-refractivity contribution in [2.24, 2.45) is 0 Å². The third-order valence-electron chi connectivity index (χ3n) is 7.46. The summed E-state index contributed by atoms with van der Waals surface area (Å²) in [6.45, 7) is 11.5. The highest BCUT2D eigenvalue weighted by Crippen LogP contribution is 2.44. The average molecular weight is 741 g/mol. The van der Waals surface area contributed by atoms with Gasteiger partial charge in [0, 0.05) is 42.3 Å². The van der Waals surface area contributed by atoms with Crippen LogP contribution < -0.4 is 24.4 Å². The Hall–Kier alpha value is -2.82. The monoisotopic (exact) mass is 740 g/mol. The number of benzene rings is 2. The molecule has 0 aliphatic heterocycles. The largest absolute Gasteiger partial charge is 0.497 e. The van der Waals surface area contributed by atoms with E-state index in [1.165, 1.54) is 0 Å². The quantitative estimate of drug-likeness (QED) is 0.0676. The number of unbranched alkanes of at least 4 members (excludes halogenated alkanes) is 2. The number of aryl methyl sites for hydroxylation is 1. The van der Waals surface area contributed by atoms with Gasteiger partial charge in [-0.25, -0.2) is 10.2 Å². The molecule has 0 bridgehead atoms. The van der Waals surface area contributed by atoms with E-state index < -0.39 is 15.0 Å². The van der Waals surface area contributed by atoms with Crippen LogP contribution >= 0.6 is 15.0 Å². The van der Waals surface area contributed by atoms with Gasteiger partial charge in [0.25, 0.3) is 15.0 Å². The first-order chi connectivity index (χ1) is 23.9. The van der Waals surface area contributed by atoms with Crippen LogP contribution in [0.15, 0.2) is 45.2 Å². The lowest BCUT2D eigenvalue weighted by Gasteiger charge is -2.18. The van der Waals surface area contributed by atoms with Crippen LogP contribution in [-0.2, 0) is 26.9 Å². The molecule has 4 rings (SSSR count). The molecule has 12 nitrogen and oxygen atoms in total. The molecule has 2 aromatic carbocycles. The molecule has 0 saturated heterocycles. The molecule has 50 heavy (non-hydrogen) atoms. The molecule has 0 aliphatic rings. The summed E-state index contributed by atoms with van der Waals surface area (Å²) < 4.78 is 56.8. The highest BCUT2D eigenvalue weighted by Gasteiger charge is 2.23. The van der Waals surface area contributed by atoms with Crippen LogP contribution in [0.25, 0.3) is 21.9 Å². The van der Waals surface area contributed by atoms with Gasteiger partial charge in [-0.2, -0.15) is 0 Å². The zero-order chi connectivity index (χ0) is 37.2. The van der Waals surface area contributed by atoms with Crippen molar-refractivity contribution in [2.75, 3.05) is 46.7 Å². The number of fused-ring (bicyclic) bond motifs is 2. The summed E-state index contributed by atoms with van der Waals surface area (Å²) in [5.41, 5.74) is 2.43. The minimum absolute atomic E-state index is 0.125. The van der Waals surface area contributed by atoms with Gasteiger partial charge in [0.05, 0.1) is 21.3 Å². The second-order valence-corrected chi connectivity index (χ2v) is 16.4. The van der Waals surface area contributed by atoms with Crippen molar-refractivity contribution >= 4 is 37.0 Å². The second kappa shape index (κ2) is 22.2. The lowest BCUT2D eigenvalue weighted by Crippen LogP contribution is -2.16. The predicted octanol–water partition coefficient (Wildman–Crippen LogP) is 9.17. The molecule has 0 amide bonds. The molecule has 0 radical (unpaired) electrons. The first-order valence-corrected chi connectivity index (χ1v) is 20.9. The van der Waals surface area contributed by atoms with Crippen LogP contribution in [0.1, 0.15) is 83.3 Å². The molecule has 2 unspecified atom stereocenters. The van der Waals surface area contributed by atoms with Gasteiger partial charge in [0.15, 0.2) is 22.7 Å². The minimum Gasteiger partial charge on any atom is -0.497 e. The molecule has 0 saturated carbocycles. The fourth-order valence-electron chi connectivity index (χ4n) is 4.78. The minimum atomic E-state index is -2.98. The van der Waals surface area contributed by atoms with E-state index in [4.69, 9.17) is 32.7 Å². The van der Waals surface area contributed by atoms with E-state index in [2.05, 4.69) is 17.1 Å². The summed E-state index contributed by atoms with van der Waals surface area (Å²) in [5, 5.41) is 16.5. The van der Waals surface area contributed by atoms with E-state index >= 15 is 0 Å². The van der Waals surface area contributed by atoms with Gasteiger partial charge in [0.1, 0.15) is 30.5 Å². The Kier molecular flexibility index (Phi) is 19.2. The molecule has 2 atom stereocenters. The average Bonchev–Trinajstić information content (AvgIpc) is 3.74. The summed E-state index contributed by atoms with van der Waals surface area (Å²) in [7, 11) is -1.02. The molecule has 4 aromatic rings. The fourth-order valence-corrected chi connectivity index (χ4v) is 8.27. The van der Waals surface area contributed by atoms with Crippen LogP contribution in [0.5, 0.6) is 17.2 Å². The van der Waals surface area contributed by atoms with Crippen molar-refractivity contribution in [1.29, 1.82) is 0 Å². The standard InChI is InChI=1S/C18H28NO4P.C11H12O4.C7H18NO2P/c1-5-7-9-24(20,19-8-6-2)22-13-16-12-15-10-14(3)11-17(21-4)18(15)23-16;1-13-8-3-7-4-9(6-12)15-11(7)10(5-8)14-2;1-3-5-7-11(9,10)8-6-4-2/h10-12H,5-9,13H2,1-4H3,(H,19,20);3-5,12H,6H2,1-2H3;3-7H2,1-2H3,(H2,8,9,10). The summed E-state index contributed by atoms with van der Waals surface area (Å²) in [6, 6.07) is 11.2. The Morgan fingerprint density at radius 3 is 1.84 bits per heavy atom. The molecule has 282 valence electrons. The maximum atomic E-state index is 12.9. The van der Waals surface area contributed by atoms with Gasteiger partial charge >= 0.3 is 0 Å². The summed E-state index contributed by atoms with van der Waals surface area (Å²) in [6.07, 6.45) is 6.43. The van der Waals surface area contributed by atoms with Crippen molar-refractivity contribution in [3.8, 4) is 17.2 Å². The summed E-state index contributed by atoms with van der Waals surface area (Å²) in [5.74, 6) is 3.17. The van der Waals surface area contributed by atoms with E-state index in [1.807, 2.05) is 52.0 Å². The van der Waals surface area contributed by atoms with E-state index in [0.29, 0.717) is 65.3 Å². The normalized spacial score (nSPS) is 13.5. The summed E-state index contributed by atoms with van der Waals surface area (Å²) in [4.78, 5) is 9.22. The van der Waals surface area contributed by atoms with Crippen LogP contribution in [-0.4, -0.2) is 56.7 Å². The van der Waals surface area contributed by atoms with E-state index in [0.717, 1.165) is 54.9 Å². The number of aliphatic hydroxyl groups is 1. The van der Waals surface area contributed by atoms with Crippen LogP contribution in [0.2, 0.25) is 0 Å². The number of nitrogens with one attached hydrogen (secondary N) is 2. The molecule has 0 spiro atoms. The first kappa shape index (κ1) is 43.3. The molecule has 0 fully saturated rings. The fraction of sp³-hybridized carbons (Fsp3) is 0.556. The lowest BCUT2D eigenvalue weighted by atomic mass is 10.1. The van der Waals surface area contributed by atoms with Crippen molar-refractivity contribution in [3.05, 3.63) is 53.5 Å². The Balaban J connectivity index is 0.000000285. The topological polar surface area (TPSA) is 162 Å². The number of methoxy groups -OCH3 is 3. The maximum absolute atomic E-state index is 12.9.